The van der Waals surface area contributed by atoms with Gasteiger partial charge in [0.15, 0.2) is 5.65 Å². The first-order valence-electron chi connectivity index (χ1n) is 11.8. The second kappa shape index (κ2) is 7.65. The molecule has 172 valence electrons. The zero-order valence-electron chi connectivity index (χ0n) is 19.6. The van der Waals surface area contributed by atoms with Crippen molar-refractivity contribution in [1.29, 1.82) is 0 Å². The van der Waals surface area contributed by atoms with Crippen molar-refractivity contribution in [3.63, 3.8) is 0 Å². The van der Waals surface area contributed by atoms with Crippen LogP contribution in [-0.4, -0.2) is 30.1 Å². The van der Waals surface area contributed by atoms with Crippen LogP contribution in [0.4, 0.5) is 10.2 Å². The van der Waals surface area contributed by atoms with Crippen LogP contribution in [0.5, 0.6) is 0 Å². The zero-order chi connectivity index (χ0) is 23.4. The summed E-state index contributed by atoms with van der Waals surface area (Å²) in [6, 6.07) is 11.9. The summed E-state index contributed by atoms with van der Waals surface area (Å²) in [5, 5.41) is 9.76. The van der Waals surface area contributed by atoms with Crippen molar-refractivity contribution in [2.75, 3.05) is 5.32 Å². The van der Waals surface area contributed by atoms with Crippen molar-refractivity contribution in [3.05, 3.63) is 77.6 Å². The Kier molecular flexibility index (Phi) is 4.69. The number of pyridine rings is 1. The number of aryl methyl sites for hydroxylation is 1. The van der Waals surface area contributed by atoms with Crippen LogP contribution >= 0.6 is 0 Å². The van der Waals surface area contributed by atoms with Gasteiger partial charge in [-0.05, 0) is 49.8 Å². The van der Waals surface area contributed by atoms with Crippen LogP contribution in [0.1, 0.15) is 49.9 Å². The molecule has 0 saturated heterocycles. The molecule has 1 aliphatic rings. The molecule has 4 aromatic heterocycles. The van der Waals surface area contributed by atoms with Crippen molar-refractivity contribution in [2.24, 2.45) is 0 Å². The van der Waals surface area contributed by atoms with E-state index >= 15 is 0 Å². The van der Waals surface area contributed by atoms with Crippen molar-refractivity contribution in [2.45, 2.75) is 51.5 Å². The highest BCUT2D eigenvalue weighted by atomic mass is 19.1. The molecule has 6 nitrogen and oxygen atoms in total. The summed E-state index contributed by atoms with van der Waals surface area (Å²) in [4.78, 5) is 12.5. The number of hydrogen-bond donors (Lipinski definition) is 2. The molecule has 1 atom stereocenters. The third-order valence-electron chi connectivity index (χ3n) is 6.95. The average molecular weight is 455 g/mol. The summed E-state index contributed by atoms with van der Waals surface area (Å²) >= 11 is 0. The van der Waals surface area contributed by atoms with Gasteiger partial charge in [-0.2, -0.15) is 9.61 Å². The SMILES string of the molecule is CC(C)c1cnn2c(N[C@@]3(C)CCc4[nH]c5ccccc5c4C3)cc(-c3cncc(F)c3)nc12. The average Bonchev–Trinajstić information content (AvgIpc) is 3.40. The molecule has 0 bridgehead atoms. The molecule has 0 spiro atoms. The molecule has 1 aliphatic carbocycles. The van der Waals surface area contributed by atoms with Crippen molar-refractivity contribution in [1.82, 2.24) is 24.6 Å². The van der Waals surface area contributed by atoms with Crippen LogP contribution in [0, 0.1) is 5.82 Å². The van der Waals surface area contributed by atoms with E-state index in [1.54, 1.807) is 6.20 Å². The van der Waals surface area contributed by atoms with Crippen molar-refractivity contribution < 1.29 is 4.39 Å². The van der Waals surface area contributed by atoms with Gasteiger partial charge in [0.05, 0.1) is 18.1 Å². The van der Waals surface area contributed by atoms with Crippen LogP contribution < -0.4 is 5.32 Å². The van der Waals surface area contributed by atoms with Gasteiger partial charge in [0, 0.05) is 45.5 Å². The molecule has 0 radical (unpaired) electrons. The maximum Gasteiger partial charge on any atom is 0.161 e. The van der Waals surface area contributed by atoms with E-state index in [9.17, 15) is 4.39 Å². The Labute approximate surface area is 197 Å². The van der Waals surface area contributed by atoms with Gasteiger partial charge in [-0.3, -0.25) is 4.98 Å². The topological polar surface area (TPSA) is 70.9 Å². The summed E-state index contributed by atoms with van der Waals surface area (Å²) in [5.74, 6) is 0.733. The number of aromatic amines is 1. The van der Waals surface area contributed by atoms with E-state index in [-0.39, 0.29) is 17.3 Å². The van der Waals surface area contributed by atoms with E-state index in [1.807, 2.05) is 16.8 Å². The quantitative estimate of drug-likeness (QED) is 0.355. The summed E-state index contributed by atoms with van der Waals surface area (Å²) in [6.07, 6.45) is 7.59. The fourth-order valence-corrected chi connectivity index (χ4v) is 5.14. The molecule has 0 amide bonds. The smallest absolute Gasteiger partial charge is 0.161 e. The summed E-state index contributed by atoms with van der Waals surface area (Å²) in [7, 11) is 0. The molecule has 0 aliphatic heterocycles. The van der Waals surface area contributed by atoms with Gasteiger partial charge >= 0.3 is 0 Å². The monoisotopic (exact) mass is 454 g/mol. The maximum atomic E-state index is 14.0. The number of hydrogen-bond acceptors (Lipinski definition) is 4. The van der Waals surface area contributed by atoms with Gasteiger partial charge in [0.25, 0.3) is 0 Å². The molecule has 1 aromatic carbocycles. The van der Waals surface area contributed by atoms with E-state index in [2.05, 4.69) is 65.4 Å². The Hall–Kier alpha value is -3.74. The molecule has 0 fully saturated rings. The number of H-pyrrole nitrogens is 1. The molecular formula is C27H27FN6. The van der Waals surface area contributed by atoms with E-state index in [4.69, 9.17) is 4.98 Å². The largest absolute Gasteiger partial charge is 0.364 e. The molecule has 34 heavy (non-hydrogen) atoms. The second-order valence-electron chi connectivity index (χ2n) is 9.90. The lowest BCUT2D eigenvalue weighted by Gasteiger charge is -2.35. The van der Waals surface area contributed by atoms with Gasteiger partial charge in [-0.15, -0.1) is 0 Å². The number of halogens is 1. The Morgan fingerprint density at radius 2 is 2.00 bits per heavy atom. The third-order valence-corrected chi connectivity index (χ3v) is 6.95. The van der Waals surface area contributed by atoms with Crippen LogP contribution in [-0.2, 0) is 12.8 Å². The lowest BCUT2D eigenvalue weighted by atomic mass is 9.81. The number of anilines is 1. The minimum absolute atomic E-state index is 0.173. The van der Waals surface area contributed by atoms with Gasteiger partial charge < -0.3 is 10.3 Å². The predicted molar refractivity (Wildman–Crippen MR) is 133 cm³/mol. The summed E-state index contributed by atoms with van der Waals surface area (Å²) in [6.45, 7) is 6.52. The zero-order valence-corrected chi connectivity index (χ0v) is 19.6. The Balaban J connectivity index is 1.45. The normalized spacial score (nSPS) is 18.0. The van der Waals surface area contributed by atoms with Gasteiger partial charge in [0.1, 0.15) is 11.6 Å². The van der Waals surface area contributed by atoms with E-state index in [0.717, 1.165) is 36.3 Å². The number of benzene rings is 1. The molecule has 0 unspecified atom stereocenters. The van der Waals surface area contributed by atoms with E-state index < -0.39 is 0 Å². The summed E-state index contributed by atoms with van der Waals surface area (Å²) in [5.41, 5.74) is 6.89. The maximum absolute atomic E-state index is 14.0. The molecule has 5 aromatic rings. The molecule has 7 heteroatoms. The number of nitrogens with one attached hydrogen (secondary N) is 2. The second-order valence-corrected chi connectivity index (χ2v) is 9.90. The lowest BCUT2D eigenvalue weighted by Crippen LogP contribution is -2.41. The Morgan fingerprint density at radius 1 is 1.15 bits per heavy atom. The van der Waals surface area contributed by atoms with Gasteiger partial charge in [-0.25, -0.2) is 9.37 Å². The van der Waals surface area contributed by atoms with Crippen LogP contribution in [0.15, 0.2) is 55.0 Å². The highest BCUT2D eigenvalue weighted by Gasteiger charge is 2.33. The molecular weight excluding hydrogens is 427 g/mol. The minimum atomic E-state index is -0.377. The first-order chi connectivity index (χ1) is 16.4. The molecule has 6 rings (SSSR count). The fraction of sp³-hybridized carbons (Fsp3) is 0.296. The highest BCUT2D eigenvalue weighted by Crippen LogP contribution is 2.36. The summed E-state index contributed by atoms with van der Waals surface area (Å²) < 4.78 is 15.8. The number of nitrogens with zero attached hydrogens (tertiary/aromatic N) is 4. The first kappa shape index (κ1) is 20.8. The van der Waals surface area contributed by atoms with Crippen LogP contribution in [0.3, 0.4) is 0 Å². The van der Waals surface area contributed by atoms with Gasteiger partial charge in [0.2, 0.25) is 0 Å². The predicted octanol–water partition coefficient (Wildman–Crippen LogP) is 5.89. The van der Waals surface area contributed by atoms with Gasteiger partial charge in [-0.1, -0.05) is 32.0 Å². The standard InChI is InChI=1S/C27H27FN6/c1-16(2)21-15-30-34-25(11-24(32-26(21)34)17-10-18(28)14-29-13-17)33-27(3)9-8-23-20(12-27)19-6-4-5-7-22(19)31-23/h4-7,10-11,13-16,31,33H,8-9,12H2,1-3H3/t27-/m0/s1. The van der Waals surface area contributed by atoms with Crippen LogP contribution in [0.25, 0.3) is 27.8 Å². The highest BCUT2D eigenvalue weighted by molar-refractivity contribution is 5.85. The van der Waals surface area contributed by atoms with E-state index in [0.29, 0.717) is 11.3 Å². The van der Waals surface area contributed by atoms with E-state index in [1.165, 1.54) is 34.4 Å². The fourth-order valence-electron chi connectivity index (χ4n) is 5.14. The molecule has 4 heterocycles. The first-order valence-corrected chi connectivity index (χ1v) is 11.8. The molecule has 2 N–H and O–H groups in total. The van der Waals surface area contributed by atoms with Crippen molar-refractivity contribution >= 4 is 22.4 Å². The number of aromatic nitrogens is 5. The number of fused-ring (bicyclic) bond motifs is 4. The van der Waals surface area contributed by atoms with Crippen LogP contribution in [0.2, 0.25) is 0 Å². The van der Waals surface area contributed by atoms with Crippen molar-refractivity contribution in [3.8, 4) is 11.3 Å². The Morgan fingerprint density at radius 3 is 2.82 bits per heavy atom. The third kappa shape index (κ3) is 3.43. The molecule has 0 saturated carbocycles. The number of para-hydroxylation sites is 1. The Bertz CT molecular complexity index is 1530. The lowest BCUT2D eigenvalue weighted by molar-refractivity contribution is 0.442. The minimum Gasteiger partial charge on any atom is -0.364 e. The number of rotatable bonds is 4.